The number of carbonyl (C=O) groups excluding carboxylic acids is 2. The molecule has 2 aromatic rings. The van der Waals surface area contributed by atoms with Crippen LogP contribution in [0.15, 0.2) is 47.1 Å². The Hall–Kier alpha value is -3.11. The Bertz CT molecular complexity index is 810. The van der Waals surface area contributed by atoms with Crippen LogP contribution in [0.1, 0.15) is 24.2 Å². The van der Waals surface area contributed by atoms with Gasteiger partial charge in [0.05, 0.1) is 37.0 Å². The minimum absolute atomic E-state index is 0.0989. The number of furan rings is 1. The molecule has 0 bridgehead atoms. The summed E-state index contributed by atoms with van der Waals surface area (Å²) in [5.74, 6) is 0.391. The summed E-state index contributed by atoms with van der Waals surface area (Å²) in [6, 6.07) is 12.0. The number of likely N-dealkylation sites (tertiary alicyclic amines) is 1. The fourth-order valence-corrected chi connectivity index (χ4v) is 3.07. The summed E-state index contributed by atoms with van der Waals surface area (Å²) in [5.41, 5.74) is 1.06. The second kappa shape index (κ2) is 8.32. The van der Waals surface area contributed by atoms with Crippen LogP contribution in [0.4, 0.5) is 5.69 Å². The lowest BCUT2D eigenvalue weighted by Crippen LogP contribution is -2.45. The Morgan fingerprint density at radius 1 is 1.31 bits per heavy atom. The van der Waals surface area contributed by atoms with Crippen molar-refractivity contribution in [2.75, 3.05) is 18.4 Å². The summed E-state index contributed by atoms with van der Waals surface area (Å²) < 4.78 is 5.21. The number of nitrogens with one attached hydrogen (secondary N) is 2. The lowest BCUT2D eigenvalue weighted by molar-refractivity contribution is -0.126. The minimum atomic E-state index is -0.318. The summed E-state index contributed by atoms with van der Waals surface area (Å²) >= 11 is 0. The van der Waals surface area contributed by atoms with Gasteiger partial charge in [-0.05, 0) is 49.7 Å². The van der Waals surface area contributed by atoms with Crippen LogP contribution in [0, 0.1) is 11.3 Å². The van der Waals surface area contributed by atoms with Crippen LogP contribution in [-0.4, -0.2) is 35.8 Å². The number of amides is 2. The first-order chi connectivity index (χ1) is 12.7. The van der Waals surface area contributed by atoms with E-state index < -0.39 is 0 Å². The van der Waals surface area contributed by atoms with Gasteiger partial charge in [0.2, 0.25) is 11.8 Å². The molecule has 1 atom stereocenters. The molecule has 0 aliphatic carbocycles. The lowest BCUT2D eigenvalue weighted by atomic mass is 10.2. The van der Waals surface area contributed by atoms with Gasteiger partial charge in [-0.2, -0.15) is 5.26 Å². The fraction of sp³-hybridized carbons (Fsp3) is 0.316. The van der Waals surface area contributed by atoms with Crippen LogP contribution in [0.25, 0.3) is 0 Å². The zero-order valence-electron chi connectivity index (χ0n) is 14.3. The second-order valence-electron chi connectivity index (χ2n) is 6.17. The molecular formula is C19H20N4O3. The van der Waals surface area contributed by atoms with E-state index in [-0.39, 0.29) is 24.4 Å². The van der Waals surface area contributed by atoms with Crippen LogP contribution in [0.3, 0.4) is 0 Å². The van der Waals surface area contributed by atoms with Crippen molar-refractivity contribution >= 4 is 17.5 Å². The van der Waals surface area contributed by atoms with Crippen molar-refractivity contribution in [3.05, 3.63) is 54.0 Å². The van der Waals surface area contributed by atoms with Gasteiger partial charge in [-0.1, -0.05) is 6.07 Å². The summed E-state index contributed by atoms with van der Waals surface area (Å²) in [6.45, 7) is 1.17. The topological polar surface area (TPSA) is 98.4 Å². The molecule has 7 heteroatoms. The summed E-state index contributed by atoms with van der Waals surface area (Å²) in [6.07, 6.45) is 3.16. The molecule has 7 nitrogen and oxygen atoms in total. The predicted molar refractivity (Wildman–Crippen MR) is 94.9 cm³/mol. The highest BCUT2D eigenvalue weighted by Gasteiger charge is 2.31. The molecule has 1 fully saturated rings. The molecule has 2 N–H and O–H groups in total. The van der Waals surface area contributed by atoms with Crippen LogP contribution in [0.2, 0.25) is 0 Å². The molecule has 0 saturated carbocycles. The Balaban J connectivity index is 1.53. The van der Waals surface area contributed by atoms with Crippen LogP contribution in [-0.2, 0) is 16.1 Å². The first-order valence-electron chi connectivity index (χ1n) is 8.50. The van der Waals surface area contributed by atoms with Crippen molar-refractivity contribution in [2.24, 2.45) is 0 Å². The summed E-state index contributed by atoms with van der Waals surface area (Å²) in [5, 5.41) is 14.6. The quantitative estimate of drug-likeness (QED) is 0.827. The number of carbonyl (C=O) groups is 2. The number of nitrogens with zero attached hydrogens (tertiary/aromatic N) is 2. The first kappa shape index (κ1) is 17.7. The molecular weight excluding hydrogens is 332 g/mol. The van der Waals surface area contributed by atoms with E-state index in [0.717, 1.165) is 12.8 Å². The van der Waals surface area contributed by atoms with Crippen molar-refractivity contribution in [2.45, 2.75) is 25.4 Å². The largest absolute Gasteiger partial charge is 0.467 e. The molecule has 1 saturated heterocycles. The molecule has 1 aliphatic rings. The molecule has 0 radical (unpaired) electrons. The average Bonchev–Trinajstić information content (AvgIpc) is 3.31. The molecule has 1 unspecified atom stereocenters. The third-order valence-electron chi connectivity index (χ3n) is 4.31. The smallest absolute Gasteiger partial charge is 0.238 e. The number of anilines is 1. The summed E-state index contributed by atoms with van der Waals surface area (Å²) in [7, 11) is 0. The van der Waals surface area contributed by atoms with E-state index in [1.807, 2.05) is 11.0 Å². The molecule has 134 valence electrons. The Morgan fingerprint density at radius 2 is 2.19 bits per heavy atom. The first-order valence-corrected chi connectivity index (χ1v) is 8.50. The van der Waals surface area contributed by atoms with Crippen LogP contribution in [0.5, 0.6) is 0 Å². The monoisotopic (exact) mass is 352 g/mol. The molecule has 1 aliphatic heterocycles. The zero-order valence-corrected chi connectivity index (χ0v) is 14.3. The molecule has 2 amide bonds. The molecule has 1 aromatic carbocycles. The highest BCUT2D eigenvalue weighted by Crippen LogP contribution is 2.18. The maximum Gasteiger partial charge on any atom is 0.238 e. The Morgan fingerprint density at radius 3 is 2.96 bits per heavy atom. The molecule has 3 rings (SSSR count). The van der Waals surface area contributed by atoms with Gasteiger partial charge >= 0.3 is 0 Å². The van der Waals surface area contributed by atoms with Crippen molar-refractivity contribution in [1.29, 1.82) is 5.26 Å². The van der Waals surface area contributed by atoms with Gasteiger partial charge < -0.3 is 15.1 Å². The van der Waals surface area contributed by atoms with Crippen molar-refractivity contribution < 1.29 is 14.0 Å². The number of benzene rings is 1. The van der Waals surface area contributed by atoms with Gasteiger partial charge in [0.1, 0.15) is 5.76 Å². The van der Waals surface area contributed by atoms with E-state index >= 15 is 0 Å². The number of hydrogen-bond donors (Lipinski definition) is 2. The third kappa shape index (κ3) is 4.49. The van der Waals surface area contributed by atoms with Crippen molar-refractivity contribution in [1.82, 2.24) is 10.2 Å². The van der Waals surface area contributed by atoms with E-state index in [2.05, 4.69) is 10.6 Å². The van der Waals surface area contributed by atoms with Crippen LogP contribution < -0.4 is 10.6 Å². The van der Waals surface area contributed by atoms with Gasteiger partial charge in [0.15, 0.2) is 0 Å². The molecule has 2 heterocycles. The van der Waals surface area contributed by atoms with E-state index in [9.17, 15) is 9.59 Å². The minimum Gasteiger partial charge on any atom is -0.467 e. The molecule has 0 spiro atoms. The SMILES string of the molecule is N#Cc1cccc(NC(=O)CN2CCCC2C(=O)NCc2ccco2)c1. The van der Waals surface area contributed by atoms with E-state index in [0.29, 0.717) is 30.1 Å². The second-order valence-corrected chi connectivity index (χ2v) is 6.17. The average molecular weight is 352 g/mol. The Kier molecular flexibility index (Phi) is 5.66. The highest BCUT2D eigenvalue weighted by molar-refractivity contribution is 5.93. The van der Waals surface area contributed by atoms with Crippen LogP contribution >= 0.6 is 0 Å². The van der Waals surface area contributed by atoms with Gasteiger partial charge in [-0.15, -0.1) is 0 Å². The third-order valence-corrected chi connectivity index (χ3v) is 4.31. The number of nitriles is 1. The number of rotatable bonds is 6. The van der Waals surface area contributed by atoms with Gasteiger partial charge in [0.25, 0.3) is 0 Å². The van der Waals surface area contributed by atoms with Crippen molar-refractivity contribution in [3.63, 3.8) is 0 Å². The fourth-order valence-electron chi connectivity index (χ4n) is 3.07. The molecule has 1 aromatic heterocycles. The summed E-state index contributed by atoms with van der Waals surface area (Å²) in [4.78, 5) is 26.6. The normalized spacial score (nSPS) is 16.8. The van der Waals surface area contributed by atoms with E-state index in [4.69, 9.17) is 9.68 Å². The number of hydrogen-bond acceptors (Lipinski definition) is 5. The van der Waals surface area contributed by atoms with Gasteiger partial charge in [-0.3, -0.25) is 14.5 Å². The van der Waals surface area contributed by atoms with Crippen molar-refractivity contribution in [3.8, 4) is 6.07 Å². The standard InChI is InChI=1S/C19H20N4O3/c20-11-14-4-1-5-15(10-14)22-18(24)13-23-8-2-7-17(23)19(25)21-12-16-6-3-9-26-16/h1,3-6,9-10,17H,2,7-8,12-13H2,(H,21,25)(H,22,24). The zero-order chi connectivity index (χ0) is 18.4. The van der Waals surface area contributed by atoms with Gasteiger partial charge in [0, 0.05) is 5.69 Å². The maximum absolute atomic E-state index is 12.4. The maximum atomic E-state index is 12.4. The highest BCUT2D eigenvalue weighted by atomic mass is 16.3. The van der Waals surface area contributed by atoms with E-state index in [1.54, 1.807) is 42.7 Å². The Labute approximate surface area is 151 Å². The van der Waals surface area contributed by atoms with E-state index in [1.165, 1.54) is 0 Å². The van der Waals surface area contributed by atoms with Gasteiger partial charge in [-0.25, -0.2) is 0 Å². The lowest BCUT2D eigenvalue weighted by Gasteiger charge is -2.23. The molecule has 26 heavy (non-hydrogen) atoms. The predicted octanol–water partition coefficient (Wildman–Crippen LogP) is 1.87.